The van der Waals surface area contributed by atoms with Gasteiger partial charge in [0.15, 0.2) is 0 Å². The molecule has 53 heavy (non-hydrogen) atoms. The summed E-state index contributed by atoms with van der Waals surface area (Å²) >= 11 is 0. The molecule has 0 spiro atoms. The summed E-state index contributed by atoms with van der Waals surface area (Å²) < 4.78 is 12.7. The third-order valence-corrected chi connectivity index (χ3v) is 5.97. The monoisotopic (exact) mass is 776 g/mol. The van der Waals surface area contributed by atoms with E-state index in [1.165, 1.54) is 90.9 Å². The van der Waals surface area contributed by atoms with E-state index in [1.54, 1.807) is 33.2 Å². The number of aliphatic hydroxyl groups is 1. The van der Waals surface area contributed by atoms with E-state index in [0.717, 1.165) is 13.1 Å². The quantitative estimate of drug-likeness (QED) is 0.0319. The molecule has 0 aliphatic heterocycles. The Morgan fingerprint density at radius 3 is 1.23 bits per heavy atom. The number of aryl methyl sites for hydroxylation is 2. The first kappa shape index (κ1) is 59.4. The molecule has 0 bridgehead atoms. The van der Waals surface area contributed by atoms with Crippen LogP contribution in [0.2, 0.25) is 0 Å². The van der Waals surface area contributed by atoms with Gasteiger partial charge in [-0.05, 0) is 47.5 Å². The van der Waals surface area contributed by atoms with E-state index in [9.17, 15) is 14.4 Å². The zero-order chi connectivity index (χ0) is 40.4. The number of hydrogen-bond donors (Lipinski definition) is 1. The van der Waals surface area contributed by atoms with Crippen molar-refractivity contribution in [2.75, 3.05) is 13.2 Å². The van der Waals surface area contributed by atoms with Gasteiger partial charge in [-0.3, -0.25) is 14.2 Å². The number of rotatable bonds is 19. The summed E-state index contributed by atoms with van der Waals surface area (Å²) in [5.41, 5.74) is 0.839. The number of ether oxygens (including phenoxy) is 2. The van der Waals surface area contributed by atoms with Gasteiger partial charge in [-0.15, -0.1) is 10.2 Å². The Bertz CT molecular complexity index is 1090. The second-order valence-corrected chi connectivity index (χ2v) is 11.1. The van der Waals surface area contributed by atoms with Crippen molar-refractivity contribution in [2.45, 2.75) is 139 Å². The summed E-state index contributed by atoms with van der Waals surface area (Å²) in [6.07, 6.45) is 23.3. The van der Waals surface area contributed by atoms with Gasteiger partial charge in [0.1, 0.15) is 0 Å². The Kier molecular flexibility index (Phi) is 52.9. The number of carbonyl (C=O) groups is 4. The number of aromatic nitrogens is 6. The van der Waals surface area contributed by atoms with Gasteiger partial charge in [-0.1, -0.05) is 108 Å². The molecule has 16 heteroatoms. The van der Waals surface area contributed by atoms with Crippen LogP contribution in [0.4, 0.5) is 0 Å². The Labute approximate surface area is 360 Å². The molecule has 2 aromatic heterocycles. The topological polar surface area (TPSA) is 201 Å². The molecule has 0 unspecified atom stereocenters. The first-order valence-electron chi connectivity index (χ1n) is 17.7. The van der Waals surface area contributed by atoms with Crippen molar-refractivity contribution < 1.29 is 95.3 Å². The Hall–Kier alpha value is -2.86. The fourth-order valence-corrected chi connectivity index (χ4v) is 3.32. The van der Waals surface area contributed by atoms with Crippen molar-refractivity contribution in [3.05, 3.63) is 61.2 Å². The van der Waals surface area contributed by atoms with E-state index >= 15 is 0 Å². The second-order valence-electron chi connectivity index (χ2n) is 11.1. The smallest absolute Gasteiger partial charge is 0.662 e. The van der Waals surface area contributed by atoms with Crippen LogP contribution in [-0.2, 0) is 46.6 Å². The van der Waals surface area contributed by atoms with Crippen LogP contribution in [0.3, 0.4) is 0 Å². The molecule has 298 valence electrons. The normalized spacial score (nSPS) is 8.92. The van der Waals surface area contributed by atoms with Crippen molar-refractivity contribution >= 4 is 24.4 Å². The van der Waals surface area contributed by atoms with Crippen LogP contribution in [0.15, 0.2) is 61.2 Å². The molecule has 0 saturated heterocycles. The Morgan fingerprint density at radius 1 is 0.679 bits per heavy atom. The third-order valence-electron chi connectivity index (χ3n) is 5.97. The summed E-state index contributed by atoms with van der Waals surface area (Å²) in [5.74, 6) is -1.73. The van der Waals surface area contributed by atoms with Crippen molar-refractivity contribution in [3.8, 4) is 0 Å². The number of aliphatic hydroxyl groups excluding tert-OH is 1. The molecular weight excluding hydrogens is 712 g/mol. The molecule has 0 radical (unpaired) electrons. The van der Waals surface area contributed by atoms with E-state index in [1.807, 2.05) is 21.8 Å². The van der Waals surface area contributed by atoms with E-state index in [0.29, 0.717) is 12.2 Å². The SMILES string of the molecule is C=C(C)C(=O)OC(=O)C(=C)C.C=C(C)C(=O)OCC.CCCCCCCCn1ccnn1.CCCCCCCCn1ccnn1.CCO.O=CO[O-].[K+]. The molecule has 15 nitrogen and oxygen atoms in total. The van der Waals surface area contributed by atoms with E-state index in [4.69, 9.17) is 15.2 Å². The van der Waals surface area contributed by atoms with Gasteiger partial charge >= 0.3 is 69.3 Å². The summed E-state index contributed by atoms with van der Waals surface area (Å²) in [6.45, 7) is 25.0. The van der Waals surface area contributed by atoms with Crippen LogP contribution in [0.1, 0.15) is 126 Å². The first-order chi connectivity index (χ1) is 24.8. The maximum Gasteiger partial charge on any atom is 1.00 e. The minimum atomic E-state index is -0.710. The van der Waals surface area contributed by atoms with Crippen LogP contribution in [-0.4, -0.2) is 72.7 Å². The zero-order valence-corrected chi connectivity index (χ0v) is 36.8. The largest absolute Gasteiger partial charge is 1.00 e. The van der Waals surface area contributed by atoms with Crippen molar-refractivity contribution in [3.63, 3.8) is 0 Å². The van der Waals surface area contributed by atoms with Crippen LogP contribution in [0.25, 0.3) is 0 Å². The van der Waals surface area contributed by atoms with Crippen molar-refractivity contribution in [1.29, 1.82) is 0 Å². The average Bonchev–Trinajstić information content (AvgIpc) is 3.84. The number of carbonyl (C=O) groups excluding carboxylic acids is 4. The number of esters is 3. The molecule has 2 aromatic rings. The molecule has 2 heterocycles. The number of unbranched alkanes of at least 4 members (excludes halogenated alkanes) is 10. The van der Waals surface area contributed by atoms with Gasteiger partial charge in [0, 0.05) is 48.8 Å². The minimum absolute atomic E-state index is 0. The molecule has 0 fully saturated rings. The average molecular weight is 777 g/mol. The summed E-state index contributed by atoms with van der Waals surface area (Å²) in [5, 5.41) is 31.4. The van der Waals surface area contributed by atoms with E-state index in [-0.39, 0.29) is 81.6 Å². The minimum Gasteiger partial charge on any atom is -0.662 e. The van der Waals surface area contributed by atoms with Gasteiger partial charge in [0.2, 0.25) is 0 Å². The van der Waals surface area contributed by atoms with E-state index in [2.05, 4.69) is 68.6 Å². The van der Waals surface area contributed by atoms with Gasteiger partial charge in [0.05, 0.1) is 19.0 Å². The standard InChI is InChI=1S/2C10H19N3.C8H10O3.C6H10O2.C2H6O.CH2O3.K/c2*1-2-3-4-5-6-7-9-13-10-8-11-12-13;1-5(2)7(9)11-8(10)6(3)4;1-4-8-6(7)5(2)3;1-2-3;2-1-4-3;/h2*8,10H,2-7,9H2,1H3;1,3H2,2,4H3;2,4H2,1,3H3;3H,2H2,1H3;1,3H;/q;;;;;;+1/p-1. The van der Waals surface area contributed by atoms with Crippen LogP contribution in [0, 0.1) is 0 Å². The molecule has 0 aliphatic rings. The molecule has 0 saturated carbocycles. The predicted octanol–water partition coefficient (Wildman–Crippen LogP) is 3.05. The maximum atomic E-state index is 10.7. The van der Waals surface area contributed by atoms with Gasteiger partial charge < -0.3 is 24.7 Å². The fraction of sp³-hybridized carbons (Fsp3) is 0.622. The molecule has 0 aliphatic carbocycles. The van der Waals surface area contributed by atoms with Crippen molar-refractivity contribution in [1.82, 2.24) is 30.0 Å². The van der Waals surface area contributed by atoms with Crippen LogP contribution < -0.4 is 56.6 Å². The Morgan fingerprint density at radius 2 is 1.00 bits per heavy atom. The summed E-state index contributed by atoms with van der Waals surface area (Å²) in [6, 6.07) is 0. The van der Waals surface area contributed by atoms with Gasteiger partial charge in [-0.2, -0.15) is 0 Å². The van der Waals surface area contributed by atoms with Gasteiger partial charge in [0.25, 0.3) is 6.47 Å². The summed E-state index contributed by atoms with van der Waals surface area (Å²) in [4.78, 5) is 43.0. The molecular formula is C37H65KN6O9. The molecule has 1 N–H and O–H groups in total. The van der Waals surface area contributed by atoms with E-state index < -0.39 is 11.9 Å². The van der Waals surface area contributed by atoms with Crippen LogP contribution in [0.5, 0.6) is 0 Å². The zero-order valence-electron chi connectivity index (χ0n) is 33.7. The molecule has 0 atom stereocenters. The van der Waals surface area contributed by atoms with Crippen LogP contribution >= 0.6 is 0 Å². The molecule has 0 aromatic carbocycles. The Balaban J connectivity index is -0.000000183. The number of hydrogen-bond acceptors (Lipinski definition) is 13. The molecule has 2 rings (SSSR count). The second kappa shape index (κ2) is 47.2. The number of nitrogens with zero attached hydrogens (tertiary/aromatic N) is 6. The third kappa shape index (κ3) is 49.1. The maximum absolute atomic E-state index is 10.7. The summed E-state index contributed by atoms with van der Waals surface area (Å²) in [7, 11) is 0. The molecule has 0 amide bonds. The van der Waals surface area contributed by atoms with Gasteiger partial charge in [-0.25, -0.2) is 14.4 Å². The predicted molar refractivity (Wildman–Crippen MR) is 199 cm³/mol. The first-order valence-corrected chi connectivity index (χ1v) is 17.7. The van der Waals surface area contributed by atoms with Crippen molar-refractivity contribution in [2.24, 2.45) is 0 Å². The fourth-order valence-electron chi connectivity index (χ4n) is 3.32.